The van der Waals surface area contributed by atoms with E-state index in [4.69, 9.17) is 14.7 Å². The summed E-state index contributed by atoms with van der Waals surface area (Å²) in [5, 5.41) is 29.3. The van der Waals surface area contributed by atoms with Gasteiger partial charge in [0, 0.05) is 5.39 Å². The fourth-order valence-corrected chi connectivity index (χ4v) is 13.6. The molecule has 0 aromatic heterocycles. The zero-order valence-corrected chi connectivity index (χ0v) is 35.0. The Balaban J connectivity index is 0.000000212. The van der Waals surface area contributed by atoms with E-state index in [0.717, 1.165) is 26.9 Å². The van der Waals surface area contributed by atoms with Gasteiger partial charge in [-0.15, -0.1) is 0 Å². The Kier molecular flexibility index (Phi) is 16.6. The van der Waals surface area contributed by atoms with Gasteiger partial charge in [-0.25, -0.2) is 0 Å². The summed E-state index contributed by atoms with van der Waals surface area (Å²) >= 11 is 0. The van der Waals surface area contributed by atoms with Crippen LogP contribution in [0.3, 0.4) is 0 Å². The molecule has 7 aromatic carbocycles. The standard InChI is InChI=1S/C34H49P.C18H13BO3/c1-2-3-4-5-6-7-8-9-10-11-12-13-14-24-31-35(32-25-18-15-19-26-32,33-27-20-16-21-28-33)34-29-22-17-23-30-34;20-19(21)22-17-7-3-6-12-8-9-15-10-13-4-1-2-5-14(13)11-16(15)18(12)17/h15-23,25-30,35H,2-14,24,31H2,1H3;1-11,20-21H. The molecule has 0 atom stereocenters. The molecular weight excluding hydrogens is 714 g/mol. The molecule has 0 heterocycles. The minimum atomic E-state index is -2.03. The van der Waals surface area contributed by atoms with Crippen LogP contribution in [0, 0.1) is 0 Å². The molecule has 7 rings (SSSR count). The van der Waals surface area contributed by atoms with Crippen LogP contribution >= 0.6 is 7.26 Å². The number of hydrogen-bond donors (Lipinski definition) is 2. The topological polar surface area (TPSA) is 49.7 Å². The van der Waals surface area contributed by atoms with Gasteiger partial charge < -0.3 is 14.7 Å². The van der Waals surface area contributed by atoms with Crippen LogP contribution in [-0.4, -0.2) is 23.5 Å². The maximum Gasteiger partial charge on any atom is 0.707 e. The Morgan fingerprint density at radius 3 is 1.33 bits per heavy atom. The molecule has 0 fully saturated rings. The van der Waals surface area contributed by atoms with E-state index in [0.29, 0.717) is 5.75 Å². The fraction of sp³-hybridized carbons (Fsp3) is 0.308. The molecule has 0 amide bonds. The van der Waals surface area contributed by atoms with E-state index < -0.39 is 14.6 Å². The quantitative estimate of drug-likeness (QED) is 0.0266. The Bertz CT molecular complexity index is 2110. The fourth-order valence-electron chi connectivity index (χ4n) is 8.66. The number of benzene rings is 7. The third-order valence-corrected chi connectivity index (χ3v) is 16.7. The van der Waals surface area contributed by atoms with Gasteiger partial charge in [0.05, 0.1) is 0 Å². The van der Waals surface area contributed by atoms with E-state index >= 15 is 0 Å². The Hall–Kier alpha value is -4.47. The molecular formula is C52H62BO3P. The molecule has 0 bridgehead atoms. The van der Waals surface area contributed by atoms with Crippen molar-refractivity contribution < 1.29 is 14.7 Å². The van der Waals surface area contributed by atoms with Crippen molar-refractivity contribution in [3.8, 4) is 5.75 Å². The van der Waals surface area contributed by atoms with E-state index in [1.54, 1.807) is 22.0 Å². The van der Waals surface area contributed by atoms with Gasteiger partial charge in [0.15, 0.2) is 0 Å². The molecule has 5 heteroatoms. The number of unbranched alkanes of at least 4 members (excludes halogenated alkanes) is 13. The molecule has 3 nitrogen and oxygen atoms in total. The zero-order chi connectivity index (χ0) is 39.5. The van der Waals surface area contributed by atoms with Crippen molar-refractivity contribution in [3.05, 3.63) is 158 Å². The van der Waals surface area contributed by atoms with Gasteiger partial charge in [-0.05, 0) is 45.1 Å². The molecule has 57 heavy (non-hydrogen) atoms. The van der Waals surface area contributed by atoms with Gasteiger partial charge in [0.25, 0.3) is 0 Å². The van der Waals surface area contributed by atoms with E-state index in [9.17, 15) is 0 Å². The molecule has 0 aliphatic heterocycles. The summed E-state index contributed by atoms with van der Waals surface area (Å²) in [5.41, 5.74) is 0. The van der Waals surface area contributed by atoms with Gasteiger partial charge in [-0.2, -0.15) is 0 Å². The van der Waals surface area contributed by atoms with Crippen LogP contribution in [0.25, 0.3) is 32.3 Å². The number of rotatable bonds is 20. The third-order valence-electron chi connectivity index (χ3n) is 11.6. The molecule has 296 valence electrons. The SMILES string of the molecule is CCCCCCCCCCCCCCCC[PH](c1ccccc1)(c1ccccc1)c1ccccc1.OB(O)Oc1cccc2ccc3cc4ccccc4cc3c12. The Morgan fingerprint density at radius 2 is 0.842 bits per heavy atom. The smallest absolute Gasteiger partial charge is 0.511 e. The summed E-state index contributed by atoms with van der Waals surface area (Å²) in [6.07, 6.45) is 21.1. The Morgan fingerprint density at radius 1 is 0.421 bits per heavy atom. The van der Waals surface area contributed by atoms with Crippen LogP contribution in [0.15, 0.2) is 158 Å². The second-order valence-corrected chi connectivity index (χ2v) is 19.7. The van der Waals surface area contributed by atoms with Crippen LogP contribution in [0.4, 0.5) is 0 Å². The molecule has 0 saturated heterocycles. The minimum absolute atomic E-state index is 0.466. The zero-order valence-electron chi connectivity index (χ0n) is 34.0. The first-order valence-electron chi connectivity index (χ1n) is 21.6. The maximum absolute atomic E-state index is 9.14. The van der Waals surface area contributed by atoms with E-state index in [-0.39, 0.29) is 0 Å². The number of fused-ring (bicyclic) bond motifs is 4. The predicted octanol–water partition coefficient (Wildman–Crippen LogP) is 12.7. The summed E-state index contributed by atoms with van der Waals surface area (Å²) in [4.78, 5) is 0. The molecule has 0 saturated carbocycles. The summed E-state index contributed by atoms with van der Waals surface area (Å²) in [5.74, 6) is 0.466. The first-order chi connectivity index (χ1) is 28.1. The first-order valence-corrected chi connectivity index (χ1v) is 23.8. The largest absolute Gasteiger partial charge is 0.707 e. The second-order valence-electron chi connectivity index (χ2n) is 15.6. The molecule has 7 aromatic rings. The van der Waals surface area contributed by atoms with Crippen LogP contribution in [-0.2, 0) is 0 Å². The maximum atomic E-state index is 9.14. The Labute approximate surface area is 342 Å². The van der Waals surface area contributed by atoms with Gasteiger partial charge in [-0.1, -0.05) is 74.7 Å². The second kappa shape index (κ2) is 22.5. The minimum Gasteiger partial charge on any atom is -0.511 e. The summed E-state index contributed by atoms with van der Waals surface area (Å²) in [7, 11) is -3.86. The molecule has 0 spiro atoms. The summed E-state index contributed by atoms with van der Waals surface area (Å²) in [6, 6.07) is 56.3. The van der Waals surface area contributed by atoms with Gasteiger partial charge >= 0.3 is 198 Å². The van der Waals surface area contributed by atoms with Crippen molar-refractivity contribution in [3.63, 3.8) is 0 Å². The van der Waals surface area contributed by atoms with Crippen molar-refractivity contribution in [1.82, 2.24) is 0 Å². The van der Waals surface area contributed by atoms with E-state index in [1.807, 2.05) is 30.3 Å². The van der Waals surface area contributed by atoms with Crippen LogP contribution in [0.2, 0.25) is 0 Å². The molecule has 0 radical (unpaired) electrons. The molecule has 0 aliphatic rings. The molecule has 2 N–H and O–H groups in total. The normalized spacial score (nSPS) is 11.7. The third kappa shape index (κ3) is 11.6. The van der Waals surface area contributed by atoms with E-state index in [2.05, 4.69) is 128 Å². The molecule has 0 aliphatic carbocycles. The first kappa shape index (κ1) is 42.1. The number of hydrogen-bond acceptors (Lipinski definition) is 3. The van der Waals surface area contributed by atoms with Crippen molar-refractivity contribution in [1.29, 1.82) is 0 Å². The summed E-state index contributed by atoms with van der Waals surface area (Å²) < 4.78 is 5.16. The monoisotopic (exact) mass is 776 g/mol. The van der Waals surface area contributed by atoms with Crippen LogP contribution in [0.1, 0.15) is 96.8 Å². The van der Waals surface area contributed by atoms with Crippen LogP contribution in [0.5, 0.6) is 5.75 Å². The van der Waals surface area contributed by atoms with Crippen LogP contribution < -0.4 is 20.6 Å². The average molecular weight is 777 g/mol. The predicted molar refractivity (Wildman–Crippen MR) is 252 cm³/mol. The van der Waals surface area contributed by atoms with Crippen molar-refractivity contribution in [2.24, 2.45) is 0 Å². The van der Waals surface area contributed by atoms with Crippen molar-refractivity contribution in [2.45, 2.75) is 96.8 Å². The van der Waals surface area contributed by atoms with E-state index in [1.165, 1.54) is 101 Å². The van der Waals surface area contributed by atoms with Crippen molar-refractivity contribution >= 4 is 62.8 Å². The van der Waals surface area contributed by atoms with Gasteiger partial charge in [0.1, 0.15) is 5.75 Å². The molecule has 0 unspecified atom stereocenters. The average Bonchev–Trinajstić information content (AvgIpc) is 3.25. The van der Waals surface area contributed by atoms with Gasteiger partial charge in [0.2, 0.25) is 0 Å². The van der Waals surface area contributed by atoms with Crippen molar-refractivity contribution in [2.75, 3.05) is 6.16 Å². The summed E-state index contributed by atoms with van der Waals surface area (Å²) in [6.45, 7) is 2.30. The van der Waals surface area contributed by atoms with Gasteiger partial charge in [-0.3, -0.25) is 0 Å².